The fourth-order valence-corrected chi connectivity index (χ4v) is 3.58. The summed E-state index contributed by atoms with van der Waals surface area (Å²) >= 11 is 0. The largest absolute Gasteiger partial charge is 0.310 e. The van der Waals surface area contributed by atoms with Gasteiger partial charge < -0.3 is 4.98 Å². The molecule has 5 heteroatoms. The molecule has 0 unspecified atom stereocenters. The number of fused-ring (bicyclic) bond motifs is 1. The van der Waals surface area contributed by atoms with Crippen LogP contribution in [0.2, 0.25) is 0 Å². The van der Waals surface area contributed by atoms with Crippen molar-refractivity contribution in [3.05, 3.63) is 81.2 Å². The summed E-state index contributed by atoms with van der Waals surface area (Å²) in [4.78, 5) is 27.0. The van der Waals surface area contributed by atoms with Crippen LogP contribution in [-0.2, 0) is 19.5 Å². The Kier molecular flexibility index (Phi) is 5.09. The minimum Gasteiger partial charge on any atom is -0.310 e. The highest BCUT2D eigenvalue weighted by Gasteiger charge is 2.21. The van der Waals surface area contributed by atoms with E-state index in [4.69, 9.17) is 0 Å². The number of aryl methyl sites for hydroxylation is 1. The second-order valence-corrected chi connectivity index (χ2v) is 7.91. The van der Waals surface area contributed by atoms with Crippen molar-refractivity contribution >= 4 is 0 Å². The van der Waals surface area contributed by atoms with Crippen molar-refractivity contribution in [1.82, 2.24) is 19.9 Å². The molecule has 0 fully saturated rings. The first-order valence-corrected chi connectivity index (χ1v) is 9.86. The quantitative estimate of drug-likeness (QED) is 0.754. The number of rotatable bonds is 4. The van der Waals surface area contributed by atoms with Gasteiger partial charge in [0.25, 0.3) is 5.56 Å². The van der Waals surface area contributed by atoms with E-state index in [1.807, 2.05) is 20.0 Å². The van der Waals surface area contributed by atoms with Gasteiger partial charge in [-0.25, -0.2) is 4.98 Å². The summed E-state index contributed by atoms with van der Waals surface area (Å²) < 4.78 is 0. The summed E-state index contributed by atoms with van der Waals surface area (Å²) in [5, 5.41) is 0. The van der Waals surface area contributed by atoms with E-state index in [-0.39, 0.29) is 11.5 Å². The molecule has 3 heterocycles. The lowest BCUT2D eigenvalue weighted by atomic mass is 10.0. The lowest BCUT2D eigenvalue weighted by molar-refractivity contribution is 0.241. The van der Waals surface area contributed by atoms with Gasteiger partial charge in [-0.05, 0) is 18.6 Å². The minimum atomic E-state index is 0.00578. The highest BCUT2D eigenvalue weighted by atomic mass is 16.1. The third-order valence-electron chi connectivity index (χ3n) is 5.29. The van der Waals surface area contributed by atoms with Crippen LogP contribution in [0.4, 0.5) is 0 Å². The number of H-pyrrole nitrogens is 1. The van der Waals surface area contributed by atoms with Gasteiger partial charge in [0, 0.05) is 43.7 Å². The smallest absolute Gasteiger partial charge is 0.255 e. The lowest BCUT2D eigenvalue weighted by Gasteiger charge is -2.28. The van der Waals surface area contributed by atoms with E-state index in [2.05, 4.69) is 63.2 Å². The molecule has 1 aromatic carbocycles. The molecule has 28 heavy (non-hydrogen) atoms. The third-order valence-corrected chi connectivity index (χ3v) is 5.29. The van der Waals surface area contributed by atoms with Crippen molar-refractivity contribution in [2.75, 3.05) is 6.54 Å². The van der Waals surface area contributed by atoms with Gasteiger partial charge in [0.05, 0.1) is 17.0 Å². The zero-order valence-corrected chi connectivity index (χ0v) is 16.7. The maximum Gasteiger partial charge on any atom is 0.255 e. The van der Waals surface area contributed by atoms with Gasteiger partial charge in [-0.15, -0.1) is 0 Å². The zero-order valence-electron chi connectivity index (χ0n) is 16.7. The van der Waals surface area contributed by atoms with Crippen LogP contribution in [0, 0.1) is 6.92 Å². The number of benzene rings is 1. The van der Waals surface area contributed by atoms with Crippen molar-refractivity contribution in [3.63, 3.8) is 0 Å². The normalized spacial score (nSPS) is 14.3. The summed E-state index contributed by atoms with van der Waals surface area (Å²) in [6.07, 6.45) is 2.75. The van der Waals surface area contributed by atoms with Crippen molar-refractivity contribution < 1.29 is 0 Å². The molecular weight excluding hydrogens is 348 g/mol. The van der Waals surface area contributed by atoms with Gasteiger partial charge in [-0.2, -0.15) is 0 Å². The van der Waals surface area contributed by atoms with Gasteiger partial charge in [0.2, 0.25) is 0 Å². The van der Waals surface area contributed by atoms with E-state index < -0.39 is 0 Å². The van der Waals surface area contributed by atoms with E-state index in [9.17, 15) is 4.79 Å². The third kappa shape index (κ3) is 3.90. The van der Waals surface area contributed by atoms with E-state index in [1.54, 1.807) is 0 Å². The molecule has 2 aromatic heterocycles. The first-order valence-electron chi connectivity index (χ1n) is 9.86. The Morgan fingerprint density at radius 1 is 1.14 bits per heavy atom. The Morgan fingerprint density at radius 3 is 2.61 bits per heavy atom. The molecule has 0 aliphatic carbocycles. The summed E-state index contributed by atoms with van der Waals surface area (Å²) in [5.41, 5.74) is 6.28. The molecule has 1 aliphatic heterocycles. The number of nitrogens with one attached hydrogen (secondary N) is 1. The molecule has 0 spiro atoms. The predicted molar refractivity (Wildman–Crippen MR) is 111 cm³/mol. The molecule has 1 N–H and O–H groups in total. The second-order valence-electron chi connectivity index (χ2n) is 7.91. The minimum absolute atomic E-state index is 0.00578. The molecule has 0 atom stereocenters. The van der Waals surface area contributed by atoms with Crippen LogP contribution in [0.1, 0.15) is 48.0 Å². The molecule has 4 rings (SSSR count). The van der Waals surface area contributed by atoms with Crippen molar-refractivity contribution in [2.45, 2.75) is 46.2 Å². The molecule has 0 radical (unpaired) electrons. The molecule has 5 nitrogen and oxygen atoms in total. The van der Waals surface area contributed by atoms with Crippen molar-refractivity contribution in [2.24, 2.45) is 0 Å². The average molecular weight is 374 g/mol. The highest BCUT2D eigenvalue weighted by Crippen LogP contribution is 2.20. The molecule has 0 saturated carbocycles. The van der Waals surface area contributed by atoms with Gasteiger partial charge in [-0.3, -0.25) is 14.7 Å². The number of nitrogens with zero attached hydrogens (tertiary/aromatic N) is 3. The summed E-state index contributed by atoms with van der Waals surface area (Å²) in [5.74, 6) is 1.02. The van der Waals surface area contributed by atoms with Crippen LogP contribution < -0.4 is 5.56 Å². The first-order chi connectivity index (χ1) is 13.5. The number of pyridine rings is 1. The molecule has 1 aliphatic rings. The van der Waals surface area contributed by atoms with Gasteiger partial charge in [0.1, 0.15) is 5.82 Å². The molecule has 0 bridgehead atoms. The van der Waals surface area contributed by atoms with E-state index in [0.29, 0.717) is 6.54 Å². The number of aromatic nitrogens is 3. The van der Waals surface area contributed by atoms with Crippen LogP contribution >= 0.6 is 0 Å². The van der Waals surface area contributed by atoms with E-state index >= 15 is 0 Å². The Balaban J connectivity index is 1.47. The number of aromatic amines is 1. The Bertz CT molecular complexity index is 1020. The number of hydrogen-bond donors (Lipinski definition) is 1. The molecular formula is C23H26N4O. The van der Waals surface area contributed by atoms with Crippen LogP contribution in [0.25, 0.3) is 11.3 Å². The SMILES string of the molecule is Cc1ccc(-c2ccc(CN3CCc4nc(C(C)C)[nH]c(=O)c4C3)cn2)cc1. The predicted octanol–water partition coefficient (Wildman–Crippen LogP) is 3.82. The van der Waals surface area contributed by atoms with Crippen LogP contribution in [-0.4, -0.2) is 26.4 Å². The van der Waals surface area contributed by atoms with Crippen molar-refractivity contribution in [3.8, 4) is 11.3 Å². The Hall–Kier alpha value is -2.79. The highest BCUT2D eigenvalue weighted by molar-refractivity contribution is 5.59. The fourth-order valence-electron chi connectivity index (χ4n) is 3.58. The van der Waals surface area contributed by atoms with Gasteiger partial charge in [0.15, 0.2) is 0 Å². The zero-order chi connectivity index (χ0) is 19.7. The van der Waals surface area contributed by atoms with Gasteiger partial charge >= 0.3 is 0 Å². The Morgan fingerprint density at radius 2 is 1.93 bits per heavy atom. The first kappa shape index (κ1) is 18.6. The van der Waals surface area contributed by atoms with E-state index in [1.165, 1.54) is 5.56 Å². The van der Waals surface area contributed by atoms with Crippen LogP contribution in [0.3, 0.4) is 0 Å². The molecule has 0 amide bonds. The standard InChI is InChI=1S/C23H26N4O/c1-15(2)22-25-21-10-11-27(14-19(21)23(28)26-22)13-17-6-9-20(24-12-17)18-7-4-16(3)5-8-18/h4-9,12,15H,10-11,13-14H2,1-3H3,(H,25,26,28). The molecule has 144 valence electrons. The Labute approximate surface area is 165 Å². The average Bonchev–Trinajstić information content (AvgIpc) is 2.69. The maximum atomic E-state index is 12.5. The number of hydrogen-bond acceptors (Lipinski definition) is 4. The molecule has 0 saturated heterocycles. The monoisotopic (exact) mass is 374 g/mol. The summed E-state index contributed by atoms with van der Waals surface area (Å²) in [7, 11) is 0. The van der Waals surface area contributed by atoms with Crippen LogP contribution in [0.5, 0.6) is 0 Å². The maximum absolute atomic E-state index is 12.5. The van der Waals surface area contributed by atoms with Crippen molar-refractivity contribution in [1.29, 1.82) is 0 Å². The topological polar surface area (TPSA) is 61.9 Å². The fraction of sp³-hybridized carbons (Fsp3) is 0.348. The van der Waals surface area contributed by atoms with Gasteiger partial charge in [-0.1, -0.05) is 49.7 Å². The lowest BCUT2D eigenvalue weighted by Crippen LogP contribution is -2.36. The van der Waals surface area contributed by atoms with Crippen LogP contribution in [0.15, 0.2) is 47.4 Å². The molecule has 3 aromatic rings. The second kappa shape index (κ2) is 7.68. The van der Waals surface area contributed by atoms with E-state index in [0.717, 1.165) is 53.4 Å². The summed E-state index contributed by atoms with van der Waals surface area (Å²) in [6, 6.07) is 12.6. The summed E-state index contributed by atoms with van der Waals surface area (Å²) in [6.45, 7) is 8.50.